The number of amides is 1. The van der Waals surface area contributed by atoms with E-state index in [1.807, 2.05) is 0 Å². The Balaban J connectivity index is 2.13. The van der Waals surface area contributed by atoms with E-state index in [1.54, 1.807) is 6.92 Å². The van der Waals surface area contributed by atoms with Gasteiger partial charge < -0.3 is 9.64 Å². The number of nitrogens with zero attached hydrogens (tertiary/aromatic N) is 2. The molecule has 0 N–H and O–H groups in total. The van der Waals surface area contributed by atoms with Crippen LogP contribution in [-0.4, -0.2) is 41.5 Å². The zero-order valence-corrected chi connectivity index (χ0v) is 18.9. The highest BCUT2D eigenvalue weighted by atomic mass is 79.9. The molecule has 0 aliphatic carbocycles. The van der Waals surface area contributed by atoms with Crippen molar-refractivity contribution < 1.29 is 24.0 Å². The van der Waals surface area contributed by atoms with Gasteiger partial charge in [0.1, 0.15) is 12.0 Å². The van der Waals surface area contributed by atoms with Crippen molar-refractivity contribution in [1.82, 2.24) is 4.90 Å². The SMILES string of the molecule is C=C(C)C(C(=O)OCc1ccc([N+](=O)[O-])cc1)N1C(=O)C(Br)(Br)[C@H]1SC(C)=O. The average Bonchev–Trinajstić information content (AvgIpc) is 2.62. The fourth-order valence-corrected chi connectivity index (χ4v) is 4.84. The molecule has 1 fully saturated rings. The summed E-state index contributed by atoms with van der Waals surface area (Å²) in [6.07, 6.45) is 0. The van der Waals surface area contributed by atoms with E-state index >= 15 is 0 Å². The zero-order chi connectivity index (χ0) is 21.2. The highest BCUT2D eigenvalue weighted by molar-refractivity contribution is 9.26. The molecular weight excluding hydrogens is 520 g/mol. The maximum atomic E-state index is 12.6. The van der Waals surface area contributed by atoms with E-state index in [2.05, 4.69) is 38.4 Å². The number of alkyl halides is 2. The van der Waals surface area contributed by atoms with Crippen LogP contribution < -0.4 is 0 Å². The number of rotatable bonds is 7. The van der Waals surface area contributed by atoms with Crippen molar-refractivity contribution in [3.05, 3.63) is 52.1 Å². The lowest BCUT2D eigenvalue weighted by atomic mass is 10.0. The minimum Gasteiger partial charge on any atom is -0.459 e. The highest BCUT2D eigenvalue weighted by Gasteiger charge is 2.62. The predicted molar refractivity (Wildman–Crippen MR) is 111 cm³/mol. The number of carbonyl (C=O) groups excluding carboxylic acids is 3. The van der Waals surface area contributed by atoms with Crippen LogP contribution in [0.3, 0.4) is 0 Å². The molecule has 1 heterocycles. The minimum atomic E-state index is -1.15. The second-order valence-electron chi connectivity index (χ2n) is 6.08. The van der Waals surface area contributed by atoms with Crippen LogP contribution in [0.1, 0.15) is 19.4 Å². The molecule has 11 heteroatoms. The van der Waals surface area contributed by atoms with Crippen LogP contribution in [0.15, 0.2) is 36.4 Å². The molecule has 1 aromatic carbocycles. The van der Waals surface area contributed by atoms with Gasteiger partial charge in [-0.25, -0.2) is 4.79 Å². The monoisotopic (exact) mass is 534 g/mol. The molecule has 2 rings (SSSR count). The highest BCUT2D eigenvalue weighted by Crippen LogP contribution is 2.51. The van der Waals surface area contributed by atoms with Gasteiger partial charge in [0.05, 0.1) is 4.92 Å². The smallest absolute Gasteiger partial charge is 0.333 e. The van der Waals surface area contributed by atoms with Crippen LogP contribution in [0.25, 0.3) is 0 Å². The summed E-state index contributed by atoms with van der Waals surface area (Å²) in [6.45, 7) is 6.59. The van der Waals surface area contributed by atoms with Gasteiger partial charge >= 0.3 is 5.97 Å². The van der Waals surface area contributed by atoms with Crippen molar-refractivity contribution >= 4 is 66.3 Å². The number of nitro benzene ring substituents is 1. The topological polar surface area (TPSA) is 107 Å². The number of β-lactam (4-membered cyclic amide) rings is 1. The Hall–Kier alpha value is -1.72. The van der Waals surface area contributed by atoms with Crippen LogP contribution in [0.4, 0.5) is 5.69 Å². The number of hydrogen-bond donors (Lipinski definition) is 0. The van der Waals surface area contributed by atoms with Gasteiger partial charge in [-0.15, -0.1) is 0 Å². The van der Waals surface area contributed by atoms with Gasteiger partial charge in [0.25, 0.3) is 11.6 Å². The molecule has 28 heavy (non-hydrogen) atoms. The first-order chi connectivity index (χ1) is 13.0. The summed E-state index contributed by atoms with van der Waals surface area (Å²) >= 11 is 7.38. The first kappa shape index (κ1) is 22.6. The summed E-state index contributed by atoms with van der Waals surface area (Å²) < 4.78 is 4.14. The number of ether oxygens (including phenoxy) is 1. The molecule has 150 valence electrons. The number of hydrogen-bond acceptors (Lipinski definition) is 7. The minimum absolute atomic E-state index is 0.0730. The van der Waals surface area contributed by atoms with E-state index in [0.717, 1.165) is 11.8 Å². The molecule has 1 amide bonds. The quantitative estimate of drug-likeness (QED) is 0.131. The lowest BCUT2D eigenvalue weighted by Gasteiger charge is -2.51. The predicted octanol–water partition coefficient (Wildman–Crippen LogP) is 3.52. The van der Waals surface area contributed by atoms with Crippen LogP contribution in [0, 0.1) is 10.1 Å². The molecule has 0 aromatic heterocycles. The fraction of sp³-hybridized carbons (Fsp3) is 0.353. The third-order valence-corrected chi connectivity index (χ3v) is 7.14. The van der Waals surface area contributed by atoms with Crippen molar-refractivity contribution in [1.29, 1.82) is 0 Å². The molecule has 8 nitrogen and oxygen atoms in total. The van der Waals surface area contributed by atoms with Gasteiger partial charge in [0, 0.05) is 19.1 Å². The number of likely N-dealkylation sites (tertiary alicyclic amines) is 1. The van der Waals surface area contributed by atoms with E-state index < -0.39 is 31.4 Å². The Kier molecular flexibility index (Phi) is 7.05. The van der Waals surface area contributed by atoms with Gasteiger partial charge in [-0.1, -0.05) is 50.2 Å². The first-order valence-corrected chi connectivity index (χ1v) is 10.4. The summed E-state index contributed by atoms with van der Waals surface area (Å²) in [6, 6.07) is 4.51. The molecule has 1 saturated heterocycles. The molecule has 0 bridgehead atoms. The number of carbonyl (C=O) groups is 3. The molecule has 0 saturated carbocycles. The van der Waals surface area contributed by atoms with Gasteiger partial charge in [-0.2, -0.15) is 0 Å². The maximum absolute atomic E-state index is 12.6. The Morgan fingerprint density at radius 1 is 1.36 bits per heavy atom. The van der Waals surface area contributed by atoms with Crippen LogP contribution in [0.5, 0.6) is 0 Å². The molecule has 0 spiro atoms. The third-order valence-electron chi connectivity index (χ3n) is 3.86. The number of benzene rings is 1. The summed E-state index contributed by atoms with van der Waals surface area (Å²) in [5.41, 5.74) is 0.863. The van der Waals surface area contributed by atoms with Crippen molar-refractivity contribution in [2.45, 2.75) is 35.1 Å². The van der Waals surface area contributed by atoms with Gasteiger partial charge in [-0.3, -0.25) is 19.7 Å². The second kappa shape index (κ2) is 8.75. The Labute approximate surface area is 182 Å². The summed E-state index contributed by atoms with van der Waals surface area (Å²) in [5, 5.41) is 9.81. The molecule has 1 unspecified atom stereocenters. The number of nitro groups is 1. The van der Waals surface area contributed by atoms with Crippen molar-refractivity contribution in [2.24, 2.45) is 0 Å². The molecule has 2 atom stereocenters. The second-order valence-corrected chi connectivity index (χ2v) is 10.9. The largest absolute Gasteiger partial charge is 0.459 e. The lowest BCUT2D eigenvalue weighted by Crippen LogP contribution is -2.71. The van der Waals surface area contributed by atoms with Gasteiger partial charge in [-0.05, 0) is 30.2 Å². The molecule has 1 aliphatic heterocycles. The average molecular weight is 536 g/mol. The zero-order valence-electron chi connectivity index (χ0n) is 14.9. The Bertz CT molecular complexity index is 843. The number of esters is 1. The van der Waals surface area contributed by atoms with Crippen molar-refractivity contribution in [3.63, 3.8) is 0 Å². The standard InChI is InChI=1S/C17H16Br2N2O6S/c1-9(2)13(20-15(24)17(18,19)16(20)28-10(3)22)14(23)27-8-11-4-6-12(7-5-11)21(25)26/h4-7,13,16H,1,8H2,2-3H3/t13?,16-/m1/s1. The van der Waals surface area contributed by atoms with Crippen LogP contribution in [0.2, 0.25) is 0 Å². The van der Waals surface area contributed by atoms with Gasteiger partial charge in [0.15, 0.2) is 14.4 Å². The molecule has 1 aliphatic rings. The molecule has 1 aromatic rings. The van der Waals surface area contributed by atoms with E-state index in [-0.39, 0.29) is 17.4 Å². The number of halogens is 2. The fourth-order valence-electron chi connectivity index (χ4n) is 2.53. The van der Waals surface area contributed by atoms with Crippen LogP contribution in [-0.2, 0) is 25.7 Å². The summed E-state index contributed by atoms with van der Waals surface area (Å²) in [7, 11) is 0. The Morgan fingerprint density at radius 3 is 2.39 bits per heavy atom. The van der Waals surface area contributed by atoms with Crippen molar-refractivity contribution in [2.75, 3.05) is 0 Å². The third kappa shape index (κ3) is 4.64. The van der Waals surface area contributed by atoms with E-state index in [0.29, 0.717) is 11.1 Å². The van der Waals surface area contributed by atoms with Crippen molar-refractivity contribution in [3.8, 4) is 0 Å². The first-order valence-electron chi connectivity index (χ1n) is 7.90. The number of non-ortho nitro benzene ring substituents is 1. The summed E-state index contributed by atoms with van der Waals surface area (Å²) in [4.78, 5) is 48.1. The van der Waals surface area contributed by atoms with E-state index in [1.165, 1.54) is 36.1 Å². The molecular formula is C17H16Br2N2O6S. The lowest BCUT2D eigenvalue weighted by molar-refractivity contribution is -0.384. The number of thioether (sulfide) groups is 1. The maximum Gasteiger partial charge on any atom is 0.333 e. The Morgan fingerprint density at radius 2 is 1.93 bits per heavy atom. The van der Waals surface area contributed by atoms with E-state index in [9.17, 15) is 24.5 Å². The normalized spacial score (nSPS) is 18.8. The summed E-state index contributed by atoms with van der Waals surface area (Å²) in [5.74, 6) is -1.13. The van der Waals surface area contributed by atoms with E-state index in [4.69, 9.17) is 4.74 Å². The van der Waals surface area contributed by atoms with Gasteiger partial charge in [0.2, 0.25) is 0 Å². The van der Waals surface area contributed by atoms with Crippen LogP contribution >= 0.6 is 43.6 Å². The molecule has 0 radical (unpaired) electrons.